The van der Waals surface area contributed by atoms with Crippen LogP contribution in [0.1, 0.15) is 19.5 Å². The second kappa shape index (κ2) is 8.06. The van der Waals surface area contributed by atoms with E-state index >= 15 is 0 Å². The number of amides is 1. The van der Waals surface area contributed by atoms with Crippen LogP contribution in [0.25, 0.3) is 0 Å². The van der Waals surface area contributed by atoms with Gasteiger partial charge in [0.05, 0.1) is 18.6 Å². The molecule has 0 saturated heterocycles. The minimum Gasteiger partial charge on any atom is -0.467 e. The molecular weight excluding hydrogens is 342 g/mol. The van der Waals surface area contributed by atoms with Crippen LogP contribution in [0.15, 0.2) is 42.6 Å². The van der Waals surface area contributed by atoms with Crippen LogP contribution >= 0.6 is 0 Å². The van der Waals surface area contributed by atoms with E-state index in [1.807, 2.05) is 19.9 Å². The predicted molar refractivity (Wildman–Crippen MR) is 95.1 cm³/mol. The molecule has 0 spiro atoms. The van der Waals surface area contributed by atoms with Crippen LogP contribution < -0.4 is 9.64 Å². The van der Waals surface area contributed by atoms with Gasteiger partial charge in [0.15, 0.2) is 9.84 Å². The van der Waals surface area contributed by atoms with E-state index in [-0.39, 0.29) is 23.5 Å². The summed E-state index contributed by atoms with van der Waals surface area (Å²) in [5, 5.41) is 0. The number of carbonyl (C=O) groups is 1. The molecule has 1 aromatic heterocycles. The lowest BCUT2D eigenvalue weighted by Gasteiger charge is -2.26. The smallest absolute Gasteiger partial charge is 0.316 e. The van der Waals surface area contributed by atoms with Gasteiger partial charge in [0.1, 0.15) is 5.75 Å². The number of para-hydroxylation sites is 1. The number of nitrogens with zero attached hydrogens (tertiary/aromatic N) is 3. The molecule has 0 unspecified atom stereocenters. The molecule has 25 heavy (non-hydrogen) atoms. The van der Waals surface area contributed by atoms with Gasteiger partial charge in [0.25, 0.3) is 0 Å². The number of hydrogen-bond donors (Lipinski definition) is 0. The summed E-state index contributed by atoms with van der Waals surface area (Å²) in [7, 11) is -2.28. The Morgan fingerprint density at radius 2 is 1.88 bits per heavy atom. The van der Waals surface area contributed by atoms with Gasteiger partial charge in [-0.2, -0.15) is 4.98 Å². The minimum atomic E-state index is -3.68. The molecule has 0 fully saturated rings. The van der Waals surface area contributed by atoms with Gasteiger partial charge in [0, 0.05) is 17.9 Å². The number of benzene rings is 1. The molecule has 0 bridgehead atoms. The number of ether oxygens (including phenoxy) is 1. The third-order valence-electron chi connectivity index (χ3n) is 3.40. The fourth-order valence-corrected chi connectivity index (χ4v) is 3.64. The molecule has 0 atom stereocenters. The Morgan fingerprint density at radius 3 is 2.48 bits per heavy atom. The number of carbonyl (C=O) groups excluding carboxylic acids is 1. The number of hydrogen-bond acceptors (Lipinski definition) is 6. The second-order valence-corrected chi connectivity index (χ2v) is 7.82. The van der Waals surface area contributed by atoms with Crippen molar-refractivity contribution in [3.63, 3.8) is 0 Å². The maximum atomic E-state index is 12.6. The van der Waals surface area contributed by atoms with E-state index in [0.29, 0.717) is 5.69 Å². The van der Waals surface area contributed by atoms with E-state index in [0.717, 1.165) is 0 Å². The highest BCUT2D eigenvalue weighted by Gasteiger charge is 2.25. The van der Waals surface area contributed by atoms with Crippen molar-refractivity contribution in [2.24, 2.45) is 0 Å². The first-order chi connectivity index (χ1) is 11.8. The molecule has 0 saturated carbocycles. The molecular formula is C17H21N3O4S. The molecule has 0 aliphatic heterocycles. The van der Waals surface area contributed by atoms with Crippen molar-refractivity contribution in [3.8, 4) is 6.01 Å². The number of methoxy groups -OCH3 is 1. The normalized spacial score (nSPS) is 11.4. The summed E-state index contributed by atoms with van der Waals surface area (Å²) in [6.45, 7) is 3.68. The largest absolute Gasteiger partial charge is 0.467 e. The van der Waals surface area contributed by atoms with Crippen molar-refractivity contribution in [3.05, 3.63) is 48.3 Å². The topological polar surface area (TPSA) is 89.5 Å². The lowest BCUT2D eigenvalue weighted by Crippen LogP contribution is -2.40. The van der Waals surface area contributed by atoms with E-state index in [1.165, 1.54) is 24.3 Å². The molecule has 1 aromatic carbocycles. The summed E-state index contributed by atoms with van der Waals surface area (Å²) < 4.78 is 29.7. The first-order valence-electron chi connectivity index (χ1n) is 7.76. The zero-order valence-corrected chi connectivity index (χ0v) is 15.2. The Hall–Kier alpha value is -2.48. The molecule has 0 aliphatic carbocycles. The van der Waals surface area contributed by atoms with Crippen molar-refractivity contribution < 1.29 is 17.9 Å². The van der Waals surface area contributed by atoms with Crippen LogP contribution in [0.2, 0.25) is 0 Å². The van der Waals surface area contributed by atoms with Crippen molar-refractivity contribution in [2.45, 2.75) is 25.6 Å². The fraction of sp³-hybridized carbons (Fsp3) is 0.353. The quantitative estimate of drug-likeness (QED) is 0.746. The molecule has 134 valence electrons. The molecule has 0 radical (unpaired) electrons. The molecule has 8 heteroatoms. The number of aromatic nitrogens is 2. The van der Waals surface area contributed by atoms with Gasteiger partial charge < -0.3 is 9.64 Å². The van der Waals surface area contributed by atoms with Gasteiger partial charge in [-0.05, 0) is 32.0 Å². The van der Waals surface area contributed by atoms with Gasteiger partial charge in [-0.15, -0.1) is 0 Å². The van der Waals surface area contributed by atoms with E-state index in [9.17, 15) is 13.2 Å². The number of sulfone groups is 1. The zero-order chi connectivity index (χ0) is 18.4. The SMILES string of the molecule is COc1nccc(CS(=O)(=O)CC(=O)N(c2ccccc2)C(C)C)n1. The van der Waals surface area contributed by atoms with Crippen molar-refractivity contribution in [2.75, 3.05) is 17.8 Å². The predicted octanol–water partition coefficient (Wildman–Crippen LogP) is 1.84. The highest BCUT2D eigenvalue weighted by molar-refractivity contribution is 7.91. The van der Waals surface area contributed by atoms with Crippen molar-refractivity contribution in [1.82, 2.24) is 9.97 Å². The first-order valence-corrected chi connectivity index (χ1v) is 9.58. The number of rotatable bonds is 7. The summed E-state index contributed by atoms with van der Waals surface area (Å²) >= 11 is 0. The molecule has 2 aromatic rings. The maximum absolute atomic E-state index is 12.6. The molecule has 2 rings (SSSR count). The van der Waals surface area contributed by atoms with E-state index in [1.54, 1.807) is 24.3 Å². The van der Waals surface area contributed by atoms with E-state index in [2.05, 4.69) is 9.97 Å². The van der Waals surface area contributed by atoms with Gasteiger partial charge >= 0.3 is 6.01 Å². The second-order valence-electron chi connectivity index (χ2n) is 5.76. The molecule has 1 heterocycles. The summed E-state index contributed by atoms with van der Waals surface area (Å²) in [4.78, 5) is 21.9. The average Bonchev–Trinajstić information content (AvgIpc) is 2.54. The lowest BCUT2D eigenvalue weighted by atomic mass is 10.2. The summed E-state index contributed by atoms with van der Waals surface area (Å²) in [6.07, 6.45) is 1.42. The maximum Gasteiger partial charge on any atom is 0.316 e. The molecule has 7 nitrogen and oxygen atoms in total. The van der Waals surface area contributed by atoms with Crippen LogP contribution in [0.5, 0.6) is 6.01 Å². The van der Waals surface area contributed by atoms with Gasteiger partial charge in [-0.3, -0.25) is 4.79 Å². The van der Waals surface area contributed by atoms with Crippen LogP contribution in [0, 0.1) is 0 Å². The Morgan fingerprint density at radius 1 is 1.20 bits per heavy atom. The van der Waals surface area contributed by atoms with Crippen molar-refractivity contribution >= 4 is 21.4 Å². The first kappa shape index (κ1) is 18.9. The summed E-state index contributed by atoms with van der Waals surface area (Å²) in [5.74, 6) is -1.41. The van der Waals surface area contributed by atoms with Crippen molar-refractivity contribution in [1.29, 1.82) is 0 Å². The highest BCUT2D eigenvalue weighted by Crippen LogP contribution is 2.18. The summed E-state index contributed by atoms with van der Waals surface area (Å²) in [6, 6.07) is 10.4. The van der Waals surface area contributed by atoms with Gasteiger partial charge in [0.2, 0.25) is 5.91 Å². The Bertz CT molecular complexity index is 823. The minimum absolute atomic E-state index is 0.0899. The third-order valence-corrected chi connectivity index (χ3v) is 4.83. The van der Waals surface area contributed by atoms with Gasteiger partial charge in [-0.25, -0.2) is 13.4 Å². The van der Waals surface area contributed by atoms with Crippen LogP contribution in [-0.4, -0.2) is 43.2 Å². The molecule has 1 amide bonds. The zero-order valence-electron chi connectivity index (χ0n) is 14.4. The van der Waals surface area contributed by atoms with Gasteiger partial charge in [-0.1, -0.05) is 18.2 Å². The third kappa shape index (κ3) is 5.25. The Balaban J connectivity index is 2.16. The average molecular weight is 363 g/mol. The number of anilines is 1. The van der Waals surface area contributed by atoms with E-state index < -0.39 is 21.5 Å². The van der Waals surface area contributed by atoms with Crippen LogP contribution in [-0.2, 0) is 20.4 Å². The fourth-order valence-electron chi connectivity index (χ4n) is 2.41. The summed E-state index contributed by atoms with van der Waals surface area (Å²) in [5.41, 5.74) is 0.955. The molecule has 0 N–H and O–H groups in total. The molecule has 0 aliphatic rings. The standard InChI is InChI=1S/C17H21N3O4S/c1-13(2)20(15-7-5-4-6-8-15)16(21)12-25(22,23)11-14-9-10-18-17(19-14)24-3/h4-10,13H,11-12H2,1-3H3. The van der Waals surface area contributed by atoms with Crippen LogP contribution in [0.4, 0.5) is 5.69 Å². The Kier molecular flexibility index (Phi) is 6.08. The highest BCUT2D eigenvalue weighted by atomic mass is 32.2. The van der Waals surface area contributed by atoms with Crippen LogP contribution in [0.3, 0.4) is 0 Å². The van der Waals surface area contributed by atoms with E-state index in [4.69, 9.17) is 4.74 Å². The lowest BCUT2D eigenvalue weighted by molar-refractivity contribution is -0.116. The monoisotopic (exact) mass is 363 g/mol. The Labute approximate surface area is 147 Å².